The maximum absolute atomic E-state index is 13.0. The van der Waals surface area contributed by atoms with E-state index in [9.17, 15) is 14.4 Å². The van der Waals surface area contributed by atoms with Crippen LogP contribution in [-0.2, 0) is 19.1 Å². The van der Waals surface area contributed by atoms with Crippen molar-refractivity contribution < 1.29 is 23.9 Å². The Labute approximate surface area is 159 Å². The number of nitrogens with zero attached hydrogens (tertiary/aromatic N) is 3. The molecule has 4 rings (SSSR count). The van der Waals surface area contributed by atoms with E-state index in [4.69, 9.17) is 9.47 Å². The van der Waals surface area contributed by atoms with Crippen molar-refractivity contribution in [2.75, 3.05) is 39.9 Å². The Bertz CT molecular complexity index is 604. The number of imide groups is 1. The zero-order valence-corrected chi connectivity index (χ0v) is 16.0. The molecule has 27 heavy (non-hydrogen) atoms. The number of amides is 4. The Kier molecular flexibility index (Phi) is 5.11. The van der Waals surface area contributed by atoms with Crippen LogP contribution in [0.4, 0.5) is 4.79 Å². The minimum Gasteiger partial charge on any atom is -0.350 e. The van der Waals surface area contributed by atoms with Gasteiger partial charge in [-0.3, -0.25) is 14.5 Å². The molecular weight excluding hydrogens is 350 g/mol. The van der Waals surface area contributed by atoms with Crippen molar-refractivity contribution in [3.63, 3.8) is 0 Å². The molecule has 3 saturated heterocycles. The first-order valence-electron chi connectivity index (χ1n) is 10.1. The second kappa shape index (κ2) is 7.39. The second-order valence-electron chi connectivity index (χ2n) is 8.15. The molecule has 0 unspecified atom stereocenters. The van der Waals surface area contributed by atoms with Gasteiger partial charge in [0.15, 0.2) is 6.29 Å². The monoisotopic (exact) mass is 379 g/mol. The molecule has 150 valence electrons. The van der Waals surface area contributed by atoms with E-state index in [1.165, 1.54) is 4.90 Å². The predicted octanol–water partition coefficient (Wildman–Crippen LogP) is 1.19. The number of rotatable bonds is 3. The highest BCUT2D eigenvalue weighted by molar-refractivity contribution is 6.08. The summed E-state index contributed by atoms with van der Waals surface area (Å²) in [6, 6.07) is -0.335. The number of piperidine rings is 1. The highest BCUT2D eigenvalue weighted by atomic mass is 16.7. The Morgan fingerprint density at radius 3 is 2.33 bits per heavy atom. The minimum atomic E-state index is -0.722. The maximum atomic E-state index is 13.0. The lowest BCUT2D eigenvalue weighted by Gasteiger charge is -2.36. The topological polar surface area (TPSA) is 79.4 Å². The molecule has 8 heteroatoms. The average molecular weight is 379 g/mol. The van der Waals surface area contributed by atoms with Crippen LogP contribution >= 0.6 is 0 Å². The molecule has 0 N–H and O–H groups in total. The van der Waals surface area contributed by atoms with E-state index in [1.54, 1.807) is 16.8 Å². The van der Waals surface area contributed by atoms with Gasteiger partial charge < -0.3 is 19.3 Å². The van der Waals surface area contributed by atoms with Crippen LogP contribution in [0.5, 0.6) is 0 Å². The lowest BCUT2D eigenvalue weighted by Crippen LogP contribution is -2.50. The normalized spacial score (nSPS) is 27.2. The zero-order chi connectivity index (χ0) is 19.0. The van der Waals surface area contributed by atoms with Gasteiger partial charge in [0, 0.05) is 26.1 Å². The number of hydrogen-bond donors (Lipinski definition) is 0. The number of carbonyl (C=O) groups is 3. The fourth-order valence-electron chi connectivity index (χ4n) is 4.98. The molecule has 1 aliphatic carbocycles. The lowest BCUT2D eigenvalue weighted by atomic mass is 9.81. The smallest absolute Gasteiger partial charge is 0.327 e. The van der Waals surface area contributed by atoms with Gasteiger partial charge in [0.05, 0.1) is 13.2 Å². The fraction of sp³-hybridized carbons (Fsp3) is 0.842. The Morgan fingerprint density at radius 1 is 1.07 bits per heavy atom. The van der Waals surface area contributed by atoms with E-state index in [1.807, 2.05) is 0 Å². The Hall–Kier alpha value is -1.67. The number of carbonyl (C=O) groups excluding carboxylic acids is 3. The van der Waals surface area contributed by atoms with Crippen molar-refractivity contribution in [3.8, 4) is 0 Å². The summed E-state index contributed by atoms with van der Waals surface area (Å²) in [6.45, 7) is 2.36. The van der Waals surface area contributed by atoms with Crippen molar-refractivity contribution >= 4 is 17.8 Å². The van der Waals surface area contributed by atoms with Gasteiger partial charge in [0.2, 0.25) is 5.91 Å². The van der Waals surface area contributed by atoms with E-state index in [0.717, 1.165) is 32.1 Å². The summed E-state index contributed by atoms with van der Waals surface area (Å²) in [4.78, 5) is 42.9. The molecule has 4 fully saturated rings. The van der Waals surface area contributed by atoms with Crippen molar-refractivity contribution in [3.05, 3.63) is 0 Å². The number of likely N-dealkylation sites (tertiary alicyclic amines) is 1. The van der Waals surface area contributed by atoms with Crippen molar-refractivity contribution in [2.24, 2.45) is 5.92 Å². The van der Waals surface area contributed by atoms with E-state index >= 15 is 0 Å². The van der Waals surface area contributed by atoms with Crippen LogP contribution in [0, 0.1) is 5.92 Å². The van der Waals surface area contributed by atoms with Crippen LogP contribution < -0.4 is 0 Å². The fourth-order valence-corrected chi connectivity index (χ4v) is 4.98. The van der Waals surface area contributed by atoms with Gasteiger partial charge in [-0.05, 0) is 25.7 Å². The summed E-state index contributed by atoms with van der Waals surface area (Å²) < 4.78 is 11.1. The summed E-state index contributed by atoms with van der Waals surface area (Å²) in [7, 11) is 1.70. The van der Waals surface area contributed by atoms with Gasteiger partial charge in [-0.25, -0.2) is 4.79 Å². The van der Waals surface area contributed by atoms with Crippen LogP contribution in [-0.4, -0.2) is 84.3 Å². The number of urea groups is 1. The molecule has 1 spiro atoms. The minimum absolute atomic E-state index is 0.148. The quantitative estimate of drug-likeness (QED) is 0.689. The largest absolute Gasteiger partial charge is 0.350 e. The molecule has 4 amide bonds. The van der Waals surface area contributed by atoms with Gasteiger partial charge in [-0.1, -0.05) is 19.3 Å². The molecule has 4 aliphatic rings. The standard InChI is InChI=1S/C19H29N3O5/c1-20-18(25)22(17(24)19(20)7-3-2-4-8-19)13-15(23)21-9-5-14(6-10-21)16-26-11-12-27-16/h14,16H,2-13H2,1H3. The predicted molar refractivity (Wildman–Crippen MR) is 95.7 cm³/mol. The molecule has 0 atom stereocenters. The van der Waals surface area contributed by atoms with Gasteiger partial charge >= 0.3 is 6.03 Å². The third kappa shape index (κ3) is 3.23. The number of hydrogen-bond acceptors (Lipinski definition) is 5. The van der Waals surface area contributed by atoms with Gasteiger partial charge in [-0.15, -0.1) is 0 Å². The third-order valence-electron chi connectivity index (χ3n) is 6.70. The lowest BCUT2D eigenvalue weighted by molar-refractivity contribution is -0.143. The zero-order valence-electron chi connectivity index (χ0n) is 16.0. The van der Waals surface area contributed by atoms with E-state index in [0.29, 0.717) is 45.1 Å². The summed E-state index contributed by atoms with van der Waals surface area (Å²) in [5.41, 5.74) is -0.722. The summed E-state index contributed by atoms with van der Waals surface area (Å²) in [5, 5.41) is 0. The van der Waals surface area contributed by atoms with Gasteiger partial charge in [0.25, 0.3) is 5.91 Å². The van der Waals surface area contributed by atoms with Crippen molar-refractivity contribution in [2.45, 2.75) is 56.8 Å². The van der Waals surface area contributed by atoms with Crippen LogP contribution in [0.2, 0.25) is 0 Å². The van der Waals surface area contributed by atoms with Crippen LogP contribution in [0.3, 0.4) is 0 Å². The molecule has 0 aromatic rings. The molecular formula is C19H29N3O5. The summed E-state index contributed by atoms with van der Waals surface area (Å²) in [6.07, 6.45) is 5.89. The first-order valence-corrected chi connectivity index (χ1v) is 10.1. The molecule has 0 aromatic heterocycles. The van der Waals surface area contributed by atoms with E-state index in [-0.39, 0.29) is 30.7 Å². The number of ether oxygens (including phenoxy) is 2. The Morgan fingerprint density at radius 2 is 1.70 bits per heavy atom. The van der Waals surface area contributed by atoms with Crippen LogP contribution in [0.25, 0.3) is 0 Å². The SMILES string of the molecule is CN1C(=O)N(CC(=O)N2CCC(C3OCCO3)CC2)C(=O)C12CCCCC2. The first kappa shape index (κ1) is 18.7. The molecule has 0 radical (unpaired) electrons. The van der Waals surface area contributed by atoms with Crippen molar-refractivity contribution in [1.82, 2.24) is 14.7 Å². The molecule has 0 bridgehead atoms. The summed E-state index contributed by atoms with van der Waals surface area (Å²) >= 11 is 0. The molecule has 3 heterocycles. The highest BCUT2D eigenvalue weighted by Crippen LogP contribution is 2.39. The maximum Gasteiger partial charge on any atom is 0.327 e. The van der Waals surface area contributed by atoms with Crippen LogP contribution in [0.15, 0.2) is 0 Å². The van der Waals surface area contributed by atoms with Gasteiger partial charge in [-0.2, -0.15) is 0 Å². The first-order chi connectivity index (χ1) is 13.0. The van der Waals surface area contributed by atoms with Crippen LogP contribution in [0.1, 0.15) is 44.9 Å². The Balaban J connectivity index is 1.35. The third-order valence-corrected chi connectivity index (χ3v) is 6.70. The van der Waals surface area contributed by atoms with Gasteiger partial charge in [0.1, 0.15) is 12.1 Å². The molecule has 1 saturated carbocycles. The second-order valence-corrected chi connectivity index (χ2v) is 8.15. The number of likely N-dealkylation sites (N-methyl/N-ethyl adjacent to an activating group) is 1. The summed E-state index contributed by atoms with van der Waals surface area (Å²) in [5.74, 6) is -0.0291. The van der Waals surface area contributed by atoms with E-state index < -0.39 is 5.54 Å². The molecule has 3 aliphatic heterocycles. The molecule has 0 aromatic carbocycles. The molecule has 8 nitrogen and oxygen atoms in total. The van der Waals surface area contributed by atoms with Crippen molar-refractivity contribution in [1.29, 1.82) is 0 Å². The highest BCUT2D eigenvalue weighted by Gasteiger charge is 2.56. The van der Waals surface area contributed by atoms with E-state index in [2.05, 4.69) is 0 Å². The average Bonchev–Trinajstić information content (AvgIpc) is 3.30.